The van der Waals surface area contributed by atoms with Crippen LogP contribution in [0.15, 0.2) is 43.2 Å². The fourth-order valence-corrected chi connectivity index (χ4v) is 2.13. The monoisotopic (exact) mass is 211 g/mol. The molecule has 82 valence electrons. The molecule has 0 aliphatic heterocycles. The Morgan fingerprint density at radius 2 is 2.12 bits per heavy atom. The second-order valence-electron chi connectivity index (χ2n) is 4.07. The van der Waals surface area contributed by atoms with Gasteiger partial charge in [-0.15, -0.1) is 0 Å². The Balaban J connectivity index is 2.62. The van der Waals surface area contributed by atoms with Gasteiger partial charge in [-0.2, -0.15) is 0 Å². The molecule has 0 amide bonds. The quantitative estimate of drug-likeness (QED) is 0.780. The molecule has 2 aromatic rings. The van der Waals surface area contributed by atoms with Gasteiger partial charge >= 0.3 is 0 Å². The van der Waals surface area contributed by atoms with Crippen molar-refractivity contribution in [1.82, 2.24) is 4.98 Å². The van der Waals surface area contributed by atoms with Crippen molar-refractivity contribution >= 4 is 5.57 Å². The summed E-state index contributed by atoms with van der Waals surface area (Å²) in [4.78, 5) is 3.11. The maximum atomic E-state index is 4.05. The highest BCUT2D eigenvalue weighted by Crippen LogP contribution is 2.29. The van der Waals surface area contributed by atoms with Crippen LogP contribution in [0.2, 0.25) is 0 Å². The highest BCUT2D eigenvalue weighted by atomic mass is 14.6. The molecule has 1 N–H and O–H groups in total. The normalized spacial score (nSPS) is 10.4. The summed E-state index contributed by atoms with van der Waals surface area (Å²) < 4.78 is 0. The number of aromatic nitrogens is 1. The summed E-state index contributed by atoms with van der Waals surface area (Å²) in [6.45, 7) is 8.31. The Morgan fingerprint density at radius 1 is 1.31 bits per heavy atom. The first-order valence-corrected chi connectivity index (χ1v) is 5.65. The van der Waals surface area contributed by atoms with E-state index in [4.69, 9.17) is 0 Å². The Kier molecular flexibility index (Phi) is 2.95. The van der Waals surface area contributed by atoms with Crippen LogP contribution in [-0.4, -0.2) is 4.98 Å². The summed E-state index contributed by atoms with van der Waals surface area (Å²) in [6, 6.07) is 8.54. The van der Waals surface area contributed by atoms with E-state index in [9.17, 15) is 0 Å². The van der Waals surface area contributed by atoms with Crippen LogP contribution in [0.5, 0.6) is 0 Å². The van der Waals surface area contributed by atoms with Gasteiger partial charge in [0.1, 0.15) is 0 Å². The first kappa shape index (κ1) is 10.7. The third-order valence-corrected chi connectivity index (χ3v) is 2.90. The van der Waals surface area contributed by atoms with Crippen molar-refractivity contribution < 1.29 is 0 Å². The van der Waals surface area contributed by atoms with Crippen LogP contribution in [0, 0.1) is 0 Å². The standard InChI is InChI=1S/C15H17N/c1-4-13-14(11(2)3)6-5-7-15(13)12-8-9-16-10-12/h5-10,16H,2,4H2,1,3H3. The molecule has 0 saturated carbocycles. The van der Waals surface area contributed by atoms with Crippen LogP contribution in [0.4, 0.5) is 0 Å². The van der Waals surface area contributed by atoms with E-state index >= 15 is 0 Å². The van der Waals surface area contributed by atoms with E-state index in [-0.39, 0.29) is 0 Å². The summed E-state index contributed by atoms with van der Waals surface area (Å²) in [7, 11) is 0. The molecule has 1 heterocycles. The van der Waals surface area contributed by atoms with Gasteiger partial charge in [0.25, 0.3) is 0 Å². The van der Waals surface area contributed by atoms with Gasteiger partial charge in [0.15, 0.2) is 0 Å². The van der Waals surface area contributed by atoms with Crippen LogP contribution >= 0.6 is 0 Å². The molecule has 16 heavy (non-hydrogen) atoms. The Hall–Kier alpha value is -1.76. The van der Waals surface area contributed by atoms with E-state index in [0.717, 1.165) is 12.0 Å². The lowest BCUT2D eigenvalue weighted by molar-refractivity contribution is 1.13. The topological polar surface area (TPSA) is 15.8 Å². The third kappa shape index (κ3) is 1.81. The molecule has 1 heteroatoms. The zero-order valence-electron chi connectivity index (χ0n) is 9.88. The first-order chi connectivity index (χ1) is 7.74. The van der Waals surface area contributed by atoms with Crippen LogP contribution in [0.25, 0.3) is 16.7 Å². The highest BCUT2D eigenvalue weighted by Gasteiger charge is 2.08. The molecule has 0 unspecified atom stereocenters. The van der Waals surface area contributed by atoms with E-state index in [1.54, 1.807) is 0 Å². The van der Waals surface area contributed by atoms with Crippen LogP contribution in [0.1, 0.15) is 25.0 Å². The third-order valence-electron chi connectivity index (χ3n) is 2.90. The van der Waals surface area contributed by atoms with Crippen molar-refractivity contribution in [2.45, 2.75) is 20.3 Å². The smallest absolute Gasteiger partial charge is 0.00842 e. The molecule has 2 rings (SSSR count). The van der Waals surface area contributed by atoms with Crippen molar-refractivity contribution in [2.24, 2.45) is 0 Å². The zero-order chi connectivity index (χ0) is 11.5. The minimum Gasteiger partial charge on any atom is -0.367 e. The molecule has 1 nitrogen and oxygen atoms in total. The lowest BCUT2D eigenvalue weighted by atomic mass is 9.92. The van der Waals surface area contributed by atoms with Gasteiger partial charge in [0.2, 0.25) is 0 Å². The van der Waals surface area contributed by atoms with E-state index in [1.807, 2.05) is 12.4 Å². The maximum absolute atomic E-state index is 4.05. The molecular formula is C15H17N. The largest absolute Gasteiger partial charge is 0.367 e. The number of rotatable bonds is 3. The average molecular weight is 211 g/mol. The SMILES string of the molecule is C=C(C)c1cccc(-c2cc[nH]c2)c1CC. The number of H-pyrrole nitrogens is 1. The van der Waals surface area contributed by atoms with Crippen molar-refractivity contribution in [3.05, 3.63) is 54.4 Å². The van der Waals surface area contributed by atoms with Crippen LogP contribution < -0.4 is 0 Å². The van der Waals surface area contributed by atoms with Gasteiger partial charge in [0, 0.05) is 12.4 Å². The molecule has 1 aromatic heterocycles. The van der Waals surface area contributed by atoms with E-state index in [2.05, 4.69) is 49.7 Å². The summed E-state index contributed by atoms with van der Waals surface area (Å²) in [6.07, 6.45) is 5.03. The lowest BCUT2D eigenvalue weighted by Crippen LogP contribution is -1.93. The number of allylic oxidation sites excluding steroid dienone is 1. The Bertz CT molecular complexity index is 492. The summed E-state index contributed by atoms with van der Waals surface area (Å²) >= 11 is 0. The maximum Gasteiger partial charge on any atom is 0.00842 e. The summed E-state index contributed by atoms with van der Waals surface area (Å²) in [5, 5.41) is 0. The number of aromatic amines is 1. The van der Waals surface area contributed by atoms with Crippen LogP contribution in [0.3, 0.4) is 0 Å². The molecule has 0 saturated heterocycles. The molecule has 1 aromatic carbocycles. The van der Waals surface area contributed by atoms with Gasteiger partial charge in [-0.1, -0.05) is 37.3 Å². The van der Waals surface area contributed by atoms with Gasteiger partial charge in [-0.3, -0.25) is 0 Å². The van der Waals surface area contributed by atoms with Crippen molar-refractivity contribution in [3.8, 4) is 11.1 Å². The predicted molar refractivity (Wildman–Crippen MR) is 70.3 cm³/mol. The summed E-state index contributed by atoms with van der Waals surface area (Å²) in [5.74, 6) is 0. The molecular weight excluding hydrogens is 194 g/mol. The second kappa shape index (κ2) is 4.40. The first-order valence-electron chi connectivity index (χ1n) is 5.65. The van der Waals surface area contributed by atoms with E-state index < -0.39 is 0 Å². The molecule has 0 radical (unpaired) electrons. The Labute approximate surface area is 96.8 Å². The molecule has 0 fully saturated rings. The molecule has 0 aliphatic carbocycles. The highest BCUT2D eigenvalue weighted by molar-refractivity contribution is 5.75. The molecule has 0 aliphatic rings. The molecule has 0 spiro atoms. The van der Waals surface area contributed by atoms with Crippen molar-refractivity contribution in [3.63, 3.8) is 0 Å². The fourth-order valence-electron chi connectivity index (χ4n) is 2.13. The van der Waals surface area contributed by atoms with Gasteiger partial charge < -0.3 is 4.98 Å². The van der Waals surface area contributed by atoms with Gasteiger partial charge in [-0.25, -0.2) is 0 Å². The second-order valence-corrected chi connectivity index (χ2v) is 4.07. The molecule has 0 bridgehead atoms. The molecule has 0 atom stereocenters. The predicted octanol–water partition coefficient (Wildman–Crippen LogP) is 4.28. The lowest BCUT2D eigenvalue weighted by Gasteiger charge is -2.12. The fraction of sp³-hybridized carbons (Fsp3) is 0.200. The Morgan fingerprint density at radius 3 is 2.69 bits per heavy atom. The number of benzene rings is 1. The van der Waals surface area contributed by atoms with E-state index in [1.165, 1.54) is 22.3 Å². The minimum atomic E-state index is 1.03. The van der Waals surface area contributed by atoms with Crippen LogP contribution in [-0.2, 0) is 6.42 Å². The zero-order valence-corrected chi connectivity index (χ0v) is 9.88. The minimum absolute atomic E-state index is 1.03. The number of hydrogen-bond donors (Lipinski definition) is 1. The van der Waals surface area contributed by atoms with Crippen molar-refractivity contribution in [1.29, 1.82) is 0 Å². The summed E-state index contributed by atoms with van der Waals surface area (Å²) in [5.41, 5.74) is 6.36. The van der Waals surface area contributed by atoms with E-state index in [0.29, 0.717) is 0 Å². The van der Waals surface area contributed by atoms with Gasteiger partial charge in [0.05, 0.1) is 0 Å². The number of hydrogen-bond acceptors (Lipinski definition) is 0. The van der Waals surface area contributed by atoms with Crippen molar-refractivity contribution in [2.75, 3.05) is 0 Å². The van der Waals surface area contributed by atoms with Gasteiger partial charge in [-0.05, 0) is 41.7 Å². The average Bonchev–Trinajstić information content (AvgIpc) is 2.81. The number of nitrogens with one attached hydrogen (secondary N) is 1.